The molecule has 0 unspecified atom stereocenters. The first kappa shape index (κ1) is 16.6. The van der Waals surface area contributed by atoms with Gasteiger partial charge in [0.2, 0.25) is 5.91 Å². The molecule has 2 nitrogen and oxygen atoms in total. The molecule has 0 saturated heterocycles. The summed E-state index contributed by atoms with van der Waals surface area (Å²) < 4.78 is 0. The van der Waals surface area contributed by atoms with Crippen molar-refractivity contribution in [1.82, 2.24) is 0 Å². The molecule has 0 saturated carbocycles. The summed E-state index contributed by atoms with van der Waals surface area (Å²) in [6.45, 7) is 5.99. The van der Waals surface area contributed by atoms with Crippen molar-refractivity contribution in [3.8, 4) is 0 Å². The van der Waals surface area contributed by atoms with Crippen LogP contribution < -0.4 is 5.32 Å². The summed E-state index contributed by atoms with van der Waals surface area (Å²) in [4.78, 5) is 12.1. The van der Waals surface area contributed by atoms with Crippen molar-refractivity contribution < 1.29 is 4.79 Å². The molecule has 0 heterocycles. The second-order valence-electron chi connectivity index (χ2n) is 5.23. The molecule has 2 rings (SSSR count). The highest BCUT2D eigenvalue weighted by atomic mass is 35.5. The quantitative estimate of drug-likeness (QED) is 0.731. The number of rotatable bonds is 3. The highest BCUT2D eigenvalue weighted by molar-refractivity contribution is 6.37. The van der Waals surface area contributed by atoms with Crippen LogP contribution in [-0.2, 0) is 4.79 Å². The molecule has 1 amide bonds. The Morgan fingerprint density at radius 2 is 1.59 bits per heavy atom. The van der Waals surface area contributed by atoms with Crippen molar-refractivity contribution in [2.45, 2.75) is 20.8 Å². The molecule has 0 aliphatic heterocycles. The lowest BCUT2D eigenvalue weighted by Gasteiger charge is -2.11. The maximum Gasteiger partial charge on any atom is 0.248 e. The highest BCUT2D eigenvalue weighted by Gasteiger charge is 2.07. The van der Waals surface area contributed by atoms with Gasteiger partial charge >= 0.3 is 0 Å². The third kappa shape index (κ3) is 3.90. The number of hydrogen-bond donors (Lipinski definition) is 1. The second-order valence-corrected chi connectivity index (χ2v) is 6.05. The van der Waals surface area contributed by atoms with Gasteiger partial charge in [0.05, 0.1) is 0 Å². The number of hydrogen-bond acceptors (Lipinski definition) is 1. The van der Waals surface area contributed by atoms with Crippen molar-refractivity contribution in [3.05, 3.63) is 68.7 Å². The van der Waals surface area contributed by atoms with Crippen LogP contribution in [0.15, 0.2) is 36.4 Å². The molecule has 1 N–H and O–H groups in total. The van der Waals surface area contributed by atoms with Gasteiger partial charge in [0, 0.05) is 27.4 Å². The van der Waals surface area contributed by atoms with Crippen molar-refractivity contribution in [3.63, 3.8) is 0 Å². The maximum absolute atomic E-state index is 12.1. The summed E-state index contributed by atoms with van der Waals surface area (Å²) in [6, 6.07) is 9.31. The summed E-state index contributed by atoms with van der Waals surface area (Å²) in [5.74, 6) is -0.217. The largest absolute Gasteiger partial charge is 0.322 e. The fraction of sp³-hybridized carbons (Fsp3) is 0.167. The first-order chi connectivity index (χ1) is 10.4. The minimum atomic E-state index is -0.217. The Bertz CT molecular complexity index is 707. The van der Waals surface area contributed by atoms with E-state index < -0.39 is 0 Å². The van der Waals surface area contributed by atoms with Gasteiger partial charge in [-0.25, -0.2) is 0 Å². The van der Waals surface area contributed by atoms with Gasteiger partial charge in [-0.15, -0.1) is 0 Å². The van der Waals surface area contributed by atoms with Gasteiger partial charge in [-0.1, -0.05) is 47.0 Å². The molecule has 114 valence electrons. The zero-order valence-electron chi connectivity index (χ0n) is 12.7. The van der Waals surface area contributed by atoms with Crippen molar-refractivity contribution >= 4 is 40.9 Å². The van der Waals surface area contributed by atoms with Crippen molar-refractivity contribution in [2.75, 3.05) is 5.32 Å². The van der Waals surface area contributed by atoms with Gasteiger partial charge in [0.1, 0.15) is 0 Å². The van der Waals surface area contributed by atoms with Crippen LogP contribution in [0, 0.1) is 20.8 Å². The van der Waals surface area contributed by atoms with E-state index in [2.05, 4.69) is 5.32 Å². The van der Waals surface area contributed by atoms with Crippen molar-refractivity contribution in [1.29, 1.82) is 0 Å². The Kier molecular flexibility index (Phi) is 5.28. The fourth-order valence-electron chi connectivity index (χ4n) is 2.37. The molecule has 0 atom stereocenters. The van der Waals surface area contributed by atoms with Gasteiger partial charge in [0.15, 0.2) is 0 Å². The predicted octanol–water partition coefficient (Wildman–Crippen LogP) is 5.57. The number of carbonyl (C=O) groups excluding carboxylic acids is 1. The first-order valence-corrected chi connectivity index (χ1v) is 7.65. The molecule has 0 aliphatic rings. The summed E-state index contributed by atoms with van der Waals surface area (Å²) in [5.41, 5.74) is 4.72. The number of carbonyl (C=O) groups is 1. The van der Waals surface area contributed by atoms with E-state index in [0.717, 1.165) is 16.8 Å². The molecular weight excluding hydrogens is 317 g/mol. The van der Waals surface area contributed by atoms with E-state index in [9.17, 15) is 4.79 Å². The zero-order valence-corrected chi connectivity index (χ0v) is 14.2. The lowest BCUT2D eigenvalue weighted by Crippen LogP contribution is -2.10. The molecule has 0 fully saturated rings. The van der Waals surface area contributed by atoms with E-state index in [1.807, 2.05) is 32.9 Å². The van der Waals surface area contributed by atoms with Crippen LogP contribution >= 0.6 is 23.2 Å². The monoisotopic (exact) mass is 333 g/mol. The van der Waals surface area contributed by atoms with Crippen molar-refractivity contribution in [2.24, 2.45) is 0 Å². The van der Waals surface area contributed by atoms with E-state index in [1.165, 1.54) is 11.6 Å². The van der Waals surface area contributed by atoms with Crippen LogP contribution in [0.4, 0.5) is 5.69 Å². The molecular formula is C18H17Cl2NO. The molecule has 4 heteroatoms. The lowest BCUT2D eigenvalue weighted by molar-refractivity contribution is -0.111. The minimum absolute atomic E-state index is 0.217. The van der Waals surface area contributed by atoms with Crippen LogP contribution in [0.1, 0.15) is 22.3 Å². The van der Waals surface area contributed by atoms with E-state index >= 15 is 0 Å². The number of amides is 1. The Morgan fingerprint density at radius 1 is 1.05 bits per heavy atom. The van der Waals surface area contributed by atoms with Gasteiger partial charge < -0.3 is 5.32 Å². The average molecular weight is 334 g/mol. The third-order valence-corrected chi connectivity index (χ3v) is 3.99. The Hall–Kier alpha value is -1.77. The average Bonchev–Trinajstić information content (AvgIpc) is 2.42. The van der Waals surface area contributed by atoms with E-state index in [1.54, 1.807) is 24.3 Å². The molecule has 0 radical (unpaired) electrons. The number of halogens is 2. The minimum Gasteiger partial charge on any atom is -0.322 e. The van der Waals surface area contributed by atoms with Gasteiger partial charge in [-0.2, -0.15) is 0 Å². The van der Waals surface area contributed by atoms with Crippen LogP contribution in [0.2, 0.25) is 10.0 Å². The van der Waals surface area contributed by atoms with E-state index in [4.69, 9.17) is 23.2 Å². The molecule has 0 bridgehead atoms. The molecule has 2 aromatic carbocycles. The molecule has 0 aliphatic carbocycles. The number of benzene rings is 2. The second kappa shape index (κ2) is 6.99. The Morgan fingerprint density at radius 3 is 2.14 bits per heavy atom. The number of nitrogens with one attached hydrogen (secondary N) is 1. The summed E-state index contributed by atoms with van der Waals surface area (Å²) in [7, 11) is 0. The fourth-order valence-corrected chi connectivity index (χ4v) is 2.89. The van der Waals surface area contributed by atoms with Gasteiger partial charge in [0.25, 0.3) is 0 Å². The molecule has 2 aromatic rings. The normalized spacial score (nSPS) is 11.0. The maximum atomic E-state index is 12.1. The highest BCUT2D eigenvalue weighted by Crippen LogP contribution is 2.26. The predicted molar refractivity (Wildman–Crippen MR) is 94.8 cm³/mol. The van der Waals surface area contributed by atoms with Gasteiger partial charge in [-0.3, -0.25) is 4.79 Å². The lowest BCUT2D eigenvalue weighted by atomic mass is 10.1. The standard InChI is InChI=1S/C18H17Cl2NO/c1-11-9-12(2)18(13(3)10-11)21-17(22)8-7-14-15(19)5-4-6-16(14)20/h4-10H,1-3H3,(H,21,22)/b8-7+. The smallest absolute Gasteiger partial charge is 0.248 e. The number of aryl methyl sites for hydroxylation is 3. The van der Waals surface area contributed by atoms with Gasteiger partial charge in [-0.05, 0) is 50.1 Å². The van der Waals surface area contributed by atoms with Crippen LogP contribution in [0.3, 0.4) is 0 Å². The Labute approximate surface area is 140 Å². The van der Waals surface area contributed by atoms with Crippen LogP contribution in [0.25, 0.3) is 6.08 Å². The summed E-state index contributed by atoms with van der Waals surface area (Å²) in [5, 5.41) is 3.93. The van der Waals surface area contributed by atoms with Crippen LogP contribution in [0.5, 0.6) is 0 Å². The SMILES string of the molecule is Cc1cc(C)c(NC(=O)/C=C/c2c(Cl)cccc2Cl)c(C)c1. The van der Waals surface area contributed by atoms with E-state index in [0.29, 0.717) is 15.6 Å². The summed E-state index contributed by atoms with van der Waals surface area (Å²) >= 11 is 12.1. The third-order valence-electron chi connectivity index (χ3n) is 3.33. The van der Waals surface area contributed by atoms with Crippen LogP contribution in [-0.4, -0.2) is 5.91 Å². The van der Waals surface area contributed by atoms with E-state index in [-0.39, 0.29) is 5.91 Å². The molecule has 22 heavy (non-hydrogen) atoms. The molecule has 0 spiro atoms. The first-order valence-electron chi connectivity index (χ1n) is 6.89. The Balaban J connectivity index is 2.19. The topological polar surface area (TPSA) is 29.1 Å². The zero-order chi connectivity index (χ0) is 16.3. The molecule has 0 aromatic heterocycles. The summed E-state index contributed by atoms with van der Waals surface area (Å²) in [6.07, 6.45) is 3.06. The number of anilines is 1.